The Kier molecular flexibility index (Phi) is 17.5. The molecule has 0 spiro atoms. The van der Waals surface area contributed by atoms with E-state index in [4.69, 9.17) is 27.9 Å². The third-order valence-electron chi connectivity index (χ3n) is 15.4. The number of hydrogen-bond acceptors (Lipinski definition) is 12. The van der Waals surface area contributed by atoms with Gasteiger partial charge in [0.2, 0.25) is 23.6 Å². The summed E-state index contributed by atoms with van der Waals surface area (Å²) in [5, 5.41) is 43.5. The second-order valence-electron chi connectivity index (χ2n) is 23.2. The number of aromatic hydroxyl groups is 2. The van der Waals surface area contributed by atoms with Gasteiger partial charge in [-0.25, -0.2) is 4.79 Å². The summed E-state index contributed by atoms with van der Waals surface area (Å²) in [6.07, 6.45) is 5.19. The summed E-state index contributed by atoms with van der Waals surface area (Å²) >= 11 is 12.7. The lowest BCUT2D eigenvalue weighted by molar-refractivity contribution is -0.121. The van der Waals surface area contributed by atoms with Crippen molar-refractivity contribution in [2.75, 3.05) is 73.1 Å². The van der Waals surface area contributed by atoms with E-state index < -0.39 is 59.6 Å². The molecule has 4 aromatic carbocycles. The molecule has 10 rings (SSSR count). The highest BCUT2D eigenvalue weighted by atomic mass is 35.5. The van der Waals surface area contributed by atoms with E-state index in [-0.39, 0.29) is 107 Å². The molecule has 0 aliphatic carbocycles. The number of benzene rings is 4. The van der Waals surface area contributed by atoms with E-state index in [9.17, 15) is 53.4 Å². The molecule has 90 heavy (non-hydrogen) atoms. The first-order chi connectivity index (χ1) is 42.7. The van der Waals surface area contributed by atoms with Crippen molar-refractivity contribution in [2.45, 2.75) is 58.0 Å². The Hall–Kier alpha value is -10.3. The summed E-state index contributed by atoms with van der Waals surface area (Å²) in [5.41, 5.74) is 4.38. The molecule has 2 aliphatic rings. The highest BCUT2D eigenvalue weighted by Crippen LogP contribution is 2.48. The highest BCUT2D eigenvalue weighted by molar-refractivity contribution is 6.20. The summed E-state index contributed by atoms with van der Waals surface area (Å²) in [4.78, 5) is 122. The number of aromatic nitrogens is 4. The van der Waals surface area contributed by atoms with Crippen LogP contribution in [0.15, 0.2) is 97.6 Å². The van der Waals surface area contributed by atoms with Crippen molar-refractivity contribution in [1.82, 2.24) is 23.6 Å². The molecule has 9 N–H and O–H groups in total. The SMILES string of the molecule is CC(=O)Nc1ccc2c3c(cc(O)c2c1)N(C(=O)CNC(=O)c1cc(NC(=O)c2cc(NC(=O)c4cc(NC(=O)c5cc(NC(=O)CCC(=O)Nc6ccc7c8c(cc(O)c7c6)N(C(=O)OC(C)(C)C)CC8CCl)cn5C)cn4C)cn2C)cn1C)CC3CCl. The number of carbonyl (C=O) groups is 9. The van der Waals surface area contributed by atoms with Gasteiger partial charge in [0, 0.05) is 144 Å². The van der Waals surface area contributed by atoms with Crippen LogP contribution in [0.25, 0.3) is 21.5 Å². The lowest BCUT2D eigenvalue weighted by Crippen LogP contribution is -2.40. The second-order valence-corrected chi connectivity index (χ2v) is 23.8. The van der Waals surface area contributed by atoms with Crippen LogP contribution < -0.4 is 47.0 Å². The number of fused-ring (bicyclic) bond motifs is 6. The Morgan fingerprint density at radius 1 is 0.500 bits per heavy atom. The molecule has 25 nitrogen and oxygen atoms in total. The van der Waals surface area contributed by atoms with E-state index in [1.165, 1.54) is 96.2 Å². The van der Waals surface area contributed by atoms with E-state index >= 15 is 0 Å². The number of carbonyl (C=O) groups excluding carboxylic acids is 9. The molecule has 0 bridgehead atoms. The van der Waals surface area contributed by atoms with Gasteiger partial charge >= 0.3 is 6.09 Å². The average Bonchev–Trinajstić information content (AvgIpc) is 1.54. The molecule has 0 fully saturated rings. The van der Waals surface area contributed by atoms with Crippen molar-refractivity contribution in [2.24, 2.45) is 28.2 Å². The van der Waals surface area contributed by atoms with Crippen LogP contribution in [0.3, 0.4) is 0 Å². The van der Waals surface area contributed by atoms with Gasteiger partial charge in [0.25, 0.3) is 23.6 Å². The van der Waals surface area contributed by atoms with Crippen molar-refractivity contribution >= 4 is 144 Å². The Morgan fingerprint density at radius 2 is 0.878 bits per heavy atom. The van der Waals surface area contributed by atoms with E-state index in [2.05, 4.69) is 37.2 Å². The molecule has 8 aromatic rings. The van der Waals surface area contributed by atoms with Gasteiger partial charge in [0.05, 0.1) is 40.7 Å². The average molecular weight is 1270 g/mol. The first kappa shape index (κ1) is 62.8. The van der Waals surface area contributed by atoms with Crippen LogP contribution in [0, 0.1) is 0 Å². The van der Waals surface area contributed by atoms with Gasteiger partial charge in [0.1, 0.15) is 39.9 Å². The number of ether oxygens (including phenoxy) is 1. The molecule has 4 aromatic heterocycles. The number of phenols is 2. The van der Waals surface area contributed by atoms with E-state index in [1.807, 2.05) is 0 Å². The number of nitrogens with zero attached hydrogens (tertiary/aromatic N) is 6. The number of rotatable bonds is 17. The monoisotopic (exact) mass is 1270 g/mol. The molecular weight excluding hydrogens is 1200 g/mol. The van der Waals surface area contributed by atoms with Gasteiger partial charge in [0.15, 0.2) is 0 Å². The number of anilines is 8. The largest absolute Gasteiger partial charge is 0.507 e. The molecule has 9 amide bonds. The number of aryl methyl sites for hydroxylation is 4. The normalized spacial score (nSPS) is 14.2. The Labute approximate surface area is 525 Å². The fourth-order valence-electron chi connectivity index (χ4n) is 11.3. The van der Waals surface area contributed by atoms with Crippen LogP contribution in [0.5, 0.6) is 11.5 Å². The molecule has 0 radical (unpaired) electrons. The molecule has 2 atom stereocenters. The predicted octanol–water partition coefficient (Wildman–Crippen LogP) is 9.01. The molecule has 0 saturated heterocycles. The number of halogens is 2. The molecule has 468 valence electrons. The van der Waals surface area contributed by atoms with Crippen LogP contribution >= 0.6 is 23.2 Å². The minimum Gasteiger partial charge on any atom is -0.507 e. The quantitative estimate of drug-likeness (QED) is 0.0386. The van der Waals surface area contributed by atoms with Crippen molar-refractivity contribution in [3.63, 3.8) is 0 Å². The van der Waals surface area contributed by atoms with Gasteiger partial charge in [-0.05, 0) is 91.2 Å². The Morgan fingerprint density at radius 3 is 1.29 bits per heavy atom. The van der Waals surface area contributed by atoms with Crippen molar-refractivity contribution in [3.8, 4) is 11.5 Å². The van der Waals surface area contributed by atoms with E-state index in [0.717, 1.165) is 11.1 Å². The van der Waals surface area contributed by atoms with E-state index in [0.29, 0.717) is 50.0 Å². The van der Waals surface area contributed by atoms with Gasteiger partial charge < -0.3 is 75.3 Å². The molecule has 0 saturated carbocycles. The molecule has 2 unspecified atom stereocenters. The highest BCUT2D eigenvalue weighted by Gasteiger charge is 2.38. The third kappa shape index (κ3) is 13.1. The first-order valence-electron chi connectivity index (χ1n) is 28.4. The maximum Gasteiger partial charge on any atom is 0.414 e. The maximum absolute atomic E-state index is 13.7. The second kappa shape index (κ2) is 25.1. The van der Waals surface area contributed by atoms with Crippen LogP contribution in [0.2, 0.25) is 0 Å². The van der Waals surface area contributed by atoms with Crippen LogP contribution in [-0.2, 0) is 52.1 Å². The number of nitrogens with one attached hydrogen (secondary N) is 7. The number of hydrogen-bond donors (Lipinski definition) is 9. The maximum atomic E-state index is 13.7. The summed E-state index contributed by atoms with van der Waals surface area (Å²) in [7, 11) is 6.43. The summed E-state index contributed by atoms with van der Waals surface area (Å²) in [6.45, 7) is 6.77. The van der Waals surface area contributed by atoms with Crippen molar-refractivity contribution in [3.05, 3.63) is 131 Å². The van der Waals surface area contributed by atoms with Crippen molar-refractivity contribution < 1.29 is 58.1 Å². The minimum absolute atomic E-state index is 0.100. The molecule has 6 heterocycles. The third-order valence-corrected chi connectivity index (χ3v) is 16.1. The van der Waals surface area contributed by atoms with Crippen LogP contribution in [0.1, 0.15) is 105 Å². The summed E-state index contributed by atoms with van der Waals surface area (Å²) < 4.78 is 11.6. The van der Waals surface area contributed by atoms with Crippen LogP contribution in [-0.4, -0.2) is 119 Å². The van der Waals surface area contributed by atoms with Crippen molar-refractivity contribution in [1.29, 1.82) is 0 Å². The van der Waals surface area contributed by atoms with Gasteiger partial charge in [-0.2, -0.15) is 0 Å². The van der Waals surface area contributed by atoms with Crippen LogP contribution in [0.4, 0.5) is 50.3 Å². The van der Waals surface area contributed by atoms with E-state index in [1.54, 1.807) is 85.4 Å². The zero-order chi connectivity index (χ0) is 64.8. The Balaban J connectivity index is 0.692. The minimum atomic E-state index is -0.734. The zero-order valence-electron chi connectivity index (χ0n) is 50.3. The smallest absolute Gasteiger partial charge is 0.414 e. The fourth-order valence-corrected chi connectivity index (χ4v) is 11.8. The summed E-state index contributed by atoms with van der Waals surface area (Å²) in [5.74, 6) is -4.27. The topological polar surface area (TPSA) is 314 Å². The Bertz CT molecular complexity index is 4310. The standard InChI is InChI=1S/C63H65Cl2N13O12/c1-32(79)67-35-9-11-41-43(15-35)51(80)21-45-56(41)33(23-64)26-77(45)55(84)25-66-58(85)47-18-38(29-73(47)5)70-60(87)49-20-40(31-75(49)7)72-61(88)50-19-39(30-76(50)8)71-59(86)48-17-37(28-74(48)6)69-54(83)14-13-53(82)68-36-10-12-42-44(16-36)52(81)22-46-57(42)34(24-65)27-78(46)62(89)90-63(2,3)4/h9-12,15-22,28-31,33-34,80-81H,13-14,23-27H2,1-8H3,(H,66,85)(H,67,79)(H,68,82)(H,69,83)(H,70,87)(H,71,86)(H,72,88). The molecule has 2 aliphatic heterocycles. The number of phenolic OH excluding ortho intramolecular Hbond substituents is 2. The lowest BCUT2D eigenvalue weighted by atomic mass is 9.95. The number of amides is 9. The number of alkyl halides is 2. The van der Waals surface area contributed by atoms with Gasteiger partial charge in [-0.15, -0.1) is 23.2 Å². The lowest BCUT2D eigenvalue weighted by Gasteiger charge is -2.25. The molecular formula is C63H65Cl2N13O12. The zero-order valence-corrected chi connectivity index (χ0v) is 51.8. The fraction of sp³-hybridized carbons (Fsp3) is 0.286. The van der Waals surface area contributed by atoms with Gasteiger partial charge in [-0.3, -0.25) is 43.3 Å². The predicted molar refractivity (Wildman–Crippen MR) is 343 cm³/mol. The van der Waals surface area contributed by atoms with Gasteiger partial charge in [-0.1, -0.05) is 12.1 Å². The first-order valence-corrected chi connectivity index (χ1v) is 29.5. The summed E-state index contributed by atoms with van der Waals surface area (Å²) in [6, 6.07) is 18.9. The molecule has 27 heteroatoms.